The number of aryl methyl sites for hydroxylation is 1. The van der Waals surface area contributed by atoms with Crippen molar-refractivity contribution in [3.63, 3.8) is 0 Å². The Balaban J connectivity index is 1.19. The topological polar surface area (TPSA) is 111 Å². The Labute approximate surface area is 203 Å². The van der Waals surface area contributed by atoms with E-state index < -0.39 is 29.7 Å². The van der Waals surface area contributed by atoms with Crippen molar-refractivity contribution in [1.82, 2.24) is 10.2 Å². The zero-order chi connectivity index (χ0) is 24.6. The van der Waals surface area contributed by atoms with Crippen LogP contribution in [0, 0.1) is 0 Å². The van der Waals surface area contributed by atoms with E-state index in [2.05, 4.69) is 5.32 Å². The molecule has 0 saturated carbocycles. The Morgan fingerprint density at radius 1 is 0.829 bits per heavy atom. The van der Waals surface area contributed by atoms with E-state index in [4.69, 9.17) is 14.2 Å². The van der Waals surface area contributed by atoms with Crippen LogP contribution in [0.2, 0.25) is 0 Å². The maximum absolute atomic E-state index is 13.1. The largest absolute Gasteiger partial charge is 0.491 e. The van der Waals surface area contributed by atoms with Gasteiger partial charge in [0.2, 0.25) is 11.8 Å². The molecule has 2 aromatic rings. The normalized spacial score (nSPS) is 17.5. The minimum Gasteiger partial charge on any atom is -0.491 e. The highest BCUT2D eigenvalue weighted by Crippen LogP contribution is 2.30. The minimum atomic E-state index is -0.964. The van der Waals surface area contributed by atoms with Crippen molar-refractivity contribution in [1.29, 1.82) is 0 Å². The molecule has 1 N–H and O–H groups in total. The van der Waals surface area contributed by atoms with Gasteiger partial charge < -0.3 is 14.2 Å². The number of amides is 4. The number of piperidine rings is 1. The van der Waals surface area contributed by atoms with Crippen LogP contribution in [0.4, 0.5) is 0 Å². The molecule has 4 amide bonds. The number of rotatable bonds is 12. The Hall–Kier alpha value is -3.56. The van der Waals surface area contributed by atoms with Crippen molar-refractivity contribution < 1.29 is 33.4 Å². The zero-order valence-electron chi connectivity index (χ0n) is 19.4. The van der Waals surface area contributed by atoms with Crippen molar-refractivity contribution >= 4 is 23.6 Å². The monoisotopic (exact) mass is 480 g/mol. The Morgan fingerprint density at radius 2 is 1.57 bits per heavy atom. The number of para-hydroxylation sites is 1. The second-order valence-corrected chi connectivity index (χ2v) is 8.28. The van der Waals surface area contributed by atoms with Gasteiger partial charge in [-0.3, -0.25) is 29.4 Å². The molecule has 0 spiro atoms. The number of ether oxygens (including phenoxy) is 3. The van der Waals surface area contributed by atoms with Crippen LogP contribution < -0.4 is 10.1 Å². The average Bonchev–Trinajstić information content (AvgIpc) is 3.11. The van der Waals surface area contributed by atoms with Crippen molar-refractivity contribution in [3.8, 4) is 5.75 Å². The third-order valence-electron chi connectivity index (χ3n) is 5.90. The maximum atomic E-state index is 13.1. The van der Waals surface area contributed by atoms with Gasteiger partial charge in [-0.15, -0.1) is 0 Å². The second kappa shape index (κ2) is 11.7. The van der Waals surface area contributed by atoms with Crippen LogP contribution in [0.15, 0.2) is 48.5 Å². The lowest BCUT2D eigenvalue weighted by Crippen LogP contribution is -2.54. The highest BCUT2D eigenvalue weighted by Gasteiger charge is 2.45. The first-order valence-corrected chi connectivity index (χ1v) is 11.7. The molecule has 2 heterocycles. The summed E-state index contributed by atoms with van der Waals surface area (Å²) in [7, 11) is 0. The van der Waals surface area contributed by atoms with E-state index in [9.17, 15) is 19.2 Å². The van der Waals surface area contributed by atoms with E-state index in [1.807, 2.05) is 36.4 Å². The van der Waals surface area contributed by atoms with Gasteiger partial charge in [-0.05, 0) is 43.0 Å². The van der Waals surface area contributed by atoms with Crippen LogP contribution in [-0.2, 0) is 25.5 Å². The second-order valence-electron chi connectivity index (χ2n) is 8.28. The van der Waals surface area contributed by atoms with E-state index in [1.165, 1.54) is 0 Å². The van der Waals surface area contributed by atoms with Gasteiger partial charge in [0.1, 0.15) is 18.4 Å². The lowest BCUT2D eigenvalue weighted by Gasteiger charge is -2.27. The van der Waals surface area contributed by atoms with E-state index in [-0.39, 0.29) is 12.8 Å². The summed E-state index contributed by atoms with van der Waals surface area (Å²) in [6, 6.07) is 13.7. The van der Waals surface area contributed by atoms with Gasteiger partial charge in [0.25, 0.3) is 11.8 Å². The van der Waals surface area contributed by atoms with Crippen LogP contribution in [-0.4, -0.2) is 67.6 Å². The van der Waals surface area contributed by atoms with Gasteiger partial charge >= 0.3 is 0 Å². The summed E-state index contributed by atoms with van der Waals surface area (Å²) in [6.45, 7) is 2.30. The molecule has 4 rings (SSSR count). The number of benzene rings is 2. The number of carbonyl (C=O) groups is 4. The van der Waals surface area contributed by atoms with Crippen LogP contribution in [0.5, 0.6) is 5.75 Å². The standard InChI is InChI=1S/C26H28N2O7/c29-22-12-11-21(24(30)27-22)28-25(31)20-10-4-6-18(23(20)26(28)32)7-5-13-33-14-15-34-16-17-35-19-8-2-1-3-9-19/h1-4,6,8-10,21H,5,7,11-17H2,(H,27,29,30). The molecule has 1 fully saturated rings. The third-order valence-corrected chi connectivity index (χ3v) is 5.90. The highest BCUT2D eigenvalue weighted by atomic mass is 16.5. The van der Waals surface area contributed by atoms with Crippen LogP contribution >= 0.6 is 0 Å². The summed E-state index contributed by atoms with van der Waals surface area (Å²) in [5, 5.41) is 2.21. The van der Waals surface area contributed by atoms with Crippen molar-refractivity contribution in [2.45, 2.75) is 31.7 Å². The molecule has 9 nitrogen and oxygen atoms in total. The molecule has 2 aromatic carbocycles. The summed E-state index contributed by atoms with van der Waals surface area (Å²) < 4.78 is 16.7. The number of nitrogens with zero attached hydrogens (tertiary/aromatic N) is 1. The van der Waals surface area contributed by atoms with Crippen molar-refractivity contribution in [2.24, 2.45) is 0 Å². The first kappa shape index (κ1) is 24.6. The van der Waals surface area contributed by atoms with Crippen LogP contribution in [0.1, 0.15) is 45.5 Å². The summed E-state index contributed by atoms with van der Waals surface area (Å²) in [5.74, 6) is -1.18. The van der Waals surface area contributed by atoms with Crippen LogP contribution in [0.3, 0.4) is 0 Å². The number of hydrogen-bond donors (Lipinski definition) is 1. The highest BCUT2D eigenvalue weighted by molar-refractivity contribution is 6.24. The van der Waals surface area contributed by atoms with Gasteiger partial charge in [0.15, 0.2) is 0 Å². The predicted octanol–water partition coefficient (Wildman–Crippen LogP) is 2.13. The molecule has 2 aliphatic rings. The quantitative estimate of drug-likeness (QED) is 0.366. The summed E-state index contributed by atoms with van der Waals surface area (Å²) in [6.07, 6.45) is 1.45. The summed E-state index contributed by atoms with van der Waals surface area (Å²) in [5.41, 5.74) is 1.38. The molecule has 0 radical (unpaired) electrons. The smallest absolute Gasteiger partial charge is 0.262 e. The van der Waals surface area contributed by atoms with Gasteiger partial charge in [-0.2, -0.15) is 0 Å². The van der Waals surface area contributed by atoms with Gasteiger partial charge in [-0.25, -0.2) is 0 Å². The number of imide groups is 2. The Morgan fingerprint density at radius 3 is 2.34 bits per heavy atom. The molecule has 35 heavy (non-hydrogen) atoms. The molecule has 9 heteroatoms. The molecule has 1 atom stereocenters. The van der Waals surface area contributed by atoms with Gasteiger partial charge in [0.05, 0.1) is 30.9 Å². The Kier molecular flexibility index (Phi) is 8.23. The van der Waals surface area contributed by atoms with E-state index >= 15 is 0 Å². The van der Waals surface area contributed by atoms with Gasteiger partial charge in [0, 0.05) is 13.0 Å². The summed E-state index contributed by atoms with van der Waals surface area (Å²) >= 11 is 0. The van der Waals surface area contributed by atoms with Gasteiger partial charge in [-0.1, -0.05) is 30.3 Å². The molecular weight excluding hydrogens is 452 g/mol. The SMILES string of the molecule is O=C1CCC(N2C(=O)c3cccc(CCCOCCOCCOc4ccccc4)c3C2=O)C(=O)N1. The lowest BCUT2D eigenvalue weighted by atomic mass is 9.99. The van der Waals surface area contributed by atoms with Crippen LogP contribution in [0.25, 0.3) is 0 Å². The Bertz CT molecular complexity index is 1090. The first-order chi connectivity index (χ1) is 17.1. The van der Waals surface area contributed by atoms with Crippen molar-refractivity contribution in [3.05, 3.63) is 65.2 Å². The molecule has 2 aliphatic heterocycles. The maximum Gasteiger partial charge on any atom is 0.262 e. The molecule has 0 bridgehead atoms. The van der Waals surface area contributed by atoms with E-state index in [0.717, 1.165) is 16.2 Å². The fourth-order valence-electron chi connectivity index (χ4n) is 4.22. The molecule has 184 valence electrons. The number of fused-ring (bicyclic) bond motifs is 1. The fourth-order valence-corrected chi connectivity index (χ4v) is 4.22. The molecule has 0 aromatic heterocycles. The molecular formula is C26H28N2O7. The average molecular weight is 481 g/mol. The zero-order valence-corrected chi connectivity index (χ0v) is 19.4. The number of carbonyl (C=O) groups excluding carboxylic acids is 4. The first-order valence-electron chi connectivity index (χ1n) is 11.7. The fraction of sp³-hybridized carbons (Fsp3) is 0.385. The lowest BCUT2D eigenvalue weighted by molar-refractivity contribution is -0.136. The number of nitrogens with one attached hydrogen (secondary N) is 1. The van der Waals surface area contributed by atoms with Crippen molar-refractivity contribution in [2.75, 3.05) is 33.0 Å². The minimum absolute atomic E-state index is 0.0950. The molecule has 0 aliphatic carbocycles. The predicted molar refractivity (Wildman–Crippen MR) is 125 cm³/mol. The number of hydrogen-bond acceptors (Lipinski definition) is 7. The van der Waals surface area contributed by atoms with E-state index in [0.29, 0.717) is 57.0 Å². The molecule has 1 saturated heterocycles. The third kappa shape index (κ3) is 5.93. The summed E-state index contributed by atoms with van der Waals surface area (Å²) in [4.78, 5) is 50.6. The van der Waals surface area contributed by atoms with E-state index in [1.54, 1.807) is 12.1 Å². The molecule has 1 unspecified atom stereocenters.